The number of fused-ring (bicyclic) bond motifs is 1. The van der Waals surface area contributed by atoms with Crippen molar-refractivity contribution in [2.24, 2.45) is 0 Å². The maximum Gasteiger partial charge on any atom is 0.201 e. The Morgan fingerprint density at radius 1 is 1.14 bits per heavy atom. The standard InChI is InChI=1S/C15H13Cl2N3O/c1-21-12-2-3-13-14(7-12)20-15(19-13)18-8-9-4-10(16)6-11(17)5-9/h2-7H,8H2,1H3,(H2,18,19,20). The summed E-state index contributed by atoms with van der Waals surface area (Å²) < 4.78 is 5.19. The van der Waals surface area contributed by atoms with Gasteiger partial charge >= 0.3 is 0 Å². The van der Waals surface area contributed by atoms with Crippen LogP contribution in [0, 0.1) is 0 Å². The topological polar surface area (TPSA) is 49.9 Å². The van der Waals surface area contributed by atoms with Gasteiger partial charge in [-0.3, -0.25) is 0 Å². The molecule has 108 valence electrons. The van der Waals surface area contributed by atoms with Gasteiger partial charge in [-0.25, -0.2) is 4.98 Å². The maximum atomic E-state index is 5.98. The van der Waals surface area contributed by atoms with Crippen LogP contribution in [-0.4, -0.2) is 17.1 Å². The van der Waals surface area contributed by atoms with Crippen molar-refractivity contribution in [3.8, 4) is 5.75 Å². The summed E-state index contributed by atoms with van der Waals surface area (Å²) in [4.78, 5) is 7.66. The van der Waals surface area contributed by atoms with Crippen LogP contribution in [0.2, 0.25) is 10.0 Å². The molecule has 0 aliphatic rings. The molecule has 4 nitrogen and oxygen atoms in total. The van der Waals surface area contributed by atoms with E-state index >= 15 is 0 Å². The number of anilines is 1. The Labute approximate surface area is 132 Å². The number of methoxy groups -OCH3 is 1. The van der Waals surface area contributed by atoms with Gasteiger partial charge in [-0.2, -0.15) is 0 Å². The van der Waals surface area contributed by atoms with Crippen molar-refractivity contribution in [2.75, 3.05) is 12.4 Å². The number of hydrogen-bond acceptors (Lipinski definition) is 3. The van der Waals surface area contributed by atoms with E-state index in [2.05, 4.69) is 15.3 Å². The van der Waals surface area contributed by atoms with Gasteiger partial charge in [0, 0.05) is 22.7 Å². The van der Waals surface area contributed by atoms with Crippen LogP contribution in [0.15, 0.2) is 36.4 Å². The highest BCUT2D eigenvalue weighted by Gasteiger charge is 2.04. The van der Waals surface area contributed by atoms with Gasteiger partial charge in [0.05, 0.1) is 18.1 Å². The maximum absolute atomic E-state index is 5.98. The summed E-state index contributed by atoms with van der Waals surface area (Å²) in [5.41, 5.74) is 2.79. The Balaban J connectivity index is 1.78. The fourth-order valence-electron chi connectivity index (χ4n) is 2.10. The molecule has 1 aromatic heterocycles. The molecular formula is C15H13Cl2N3O. The van der Waals surface area contributed by atoms with Crippen LogP contribution in [0.4, 0.5) is 5.95 Å². The molecule has 0 aliphatic carbocycles. The SMILES string of the molecule is COc1ccc2nc(NCc3cc(Cl)cc(Cl)c3)[nH]c2c1. The summed E-state index contributed by atoms with van der Waals surface area (Å²) in [6.45, 7) is 0.581. The monoisotopic (exact) mass is 321 g/mol. The number of H-pyrrole nitrogens is 1. The number of imidazole rings is 1. The molecule has 3 aromatic rings. The fourth-order valence-corrected chi connectivity index (χ4v) is 2.67. The Hall–Kier alpha value is -1.91. The van der Waals surface area contributed by atoms with Crippen LogP contribution < -0.4 is 10.1 Å². The Kier molecular flexibility index (Phi) is 3.90. The molecule has 2 aromatic carbocycles. The molecular weight excluding hydrogens is 309 g/mol. The van der Waals surface area contributed by atoms with Gasteiger partial charge in [-0.05, 0) is 35.9 Å². The summed E-state index contributed by atoms with van der Waals surface area (Å²) >= 11 is 12.0. The predicted octanol–water partition coefficient (Wildman–Crippen LogP) is 4.49. The highest BCUT2D eigenvalue weighted by Crippen LogP contribution is 2.22. The van der Waals surface area contributed by atoms with Crippen LogP contribution in [0.25, 0.3) is 11.0 Å². The zero-order valence-electron chi connectivity index (χ0n) is 11.3. The molecule has 0 amide bonds. The molecule has 6 heteroatoms. The third-order valence-electron chi connectivity index (χ3n) is 3.07. The molecule has 0 unspecified atom stereocenters. The lowest BCUT2D eigenvalue weighted by Crippen LogP contribution is -2.00. The van der Waals surface area contributed by atoms with E-state index in [-0.39, 0.29) is 0 Å². The van der Waals surface area contributed by atoms with Crippen LogP contribution in [-0.2, 0) is 6.54 Å². The summed E-state index contributed by atoms with van der Waals surface area (Å²) in [5, 5.41) is 4.46. The van der Waals surface area contributed by atoms with E-state index in [9.17, 15) is 0 Å². The van der Waals surface area contributed by atoms with Gasteiger partial charge in [0.15, 0.2) is 0 Å². The molecule has 0 aliphatic heterocycles. The van der Waals surface area contributed by atoms with Gasteiger partial charge in [-0.15, -0.1) is 0 Å². The van der Waals surface area contributed by atoms with Crippen molar-refractivity contribution in [1.82, 2.24) is 9.97 Å². The highest BCUT2D eigenvalue weighted by atomic mass is 35.5. The number of hydrogen-bond donors (Lipinski definition) is 2. The number of nitrogens with one attached hydrogen (secondary N) is 2. The lowest BCUT2D eigenvalue weighted by atomic mass is 10.2. The molecule has 0 radical (unpaired) electrons. The highest BCUT2D eigenvalue weighted by molar-refractivity contribution is 6.34. The van der Waals surface area contributed by atoms with Gasteiger partial charge in [0.1, 0.15) is 5.75 Å². The first-order valence-corrected chi connectivity index (χ1v) is 7.12. The van der Waals surface area contributed by atoms with Crippen molar-refractivity contribution in [3.63, 3.8) is 0 Å². The Morgan fingerprint density at radius 2 is 1.90 bits per heavy atom. The van der Waals surface area contributed by atoms with E-state index in [0.717, 1.165) is 22.3 Å². The first-order valence-electron chi connectivity index (χ1n) is 6.36. The zero-order valence-corrected chi connectivity index (χ0v) is 12.8. The molecule has 3 rings (SSSR count). The molecule has 0 fully saturated rings. The minimum atomic E-state index is 0.581. The van der Waals surface area contributed by atoms with E-state index in [1.807, 2.05) is 30.3 Å². The van der Waals surface area contributed by atoms with E-state index in [1.165, 1.54) is 0 Å². The summed E-state index contributed by atoms with van der Waals surface area (Å²) in [7, 11) is 1.64. The predicted molar refractivity (Wildman–Crippen MR) is 86.4 cm³/mol. The van der Waals surface area contributed by atoms with Crippen LogP contribution in [0.1, 0.15) is 5.56 Å². The fraction of sp³-hybridized carbons (Fsp3) is 0.133. The molecule has 21 heavy (non-hydrogen) atoms. The number of aromatic amines is 1. The van der Waals surface area contributed by atoms with Crippen molar-refractivity contribution < 1.29 is 4.74 Å². The second-order valence-electron chi connectivity index (χ2n) is 4.60. The number of nitrogens with zero attached hydrogens (tertiary/aromatic N) is 1. The van der Waals surface area contributed by atoms with Gasteiger partial charge in [-0.1, -0.05) is 23.2 Å². The quantitative estimate of drug-likeness (QED) is 0.744. The Bertz CT molecular complexity index is 765. The van der Waals surface area contributed by atoms with Gasteiger partial charge < -0.3 is 15.0 Å². The van der Waals surface area contributed by atoms with Crippen molar-refractivity contribution in [1.29, 1.82) is 0 Å². The second-order valence-corrected chi connectivity index (χ2v) is 5.47. The normalized spacial score (nSPS) is 10.8. The largest absolute Gasteiger partial charge is 0.497 e. The number of ether oxygens (including phenoxy) is 1. The van der Waals surface area contributed by atoms with E-state index in [4.69, 9.17) is 27.9 Å². The number of benzene rings is 2. The Morgan fingerprint density at radius 3 is 2.62 bits per heavy atom. The summed E-state index contributed by atoms with van der Waals surface area (Å²) in [6, 6.07) is 11.1. The van der Waals surface area contributed by atoms with Gasteiger partial charge in [0.25, 0.3) is 0 Å². The molecule has 0 saturated carbocycles. The van der Waals surface area contributed by atoms with E-state index in [0.29, 0.717) is 22.5 Å². The second kappa shape index (κ2) is 5.84. The van der Waals surface area contributed by atoms with Crippen molar-refractivity contribution in [3.05, 3.63) is 52.0 Å². The third-order valence-corrected chi connectivity index (χ3v) is 3.51. The average Bonchev–Trinajstić information content (AvgIpc) is 2.85. The minimum Gasteiger partial charge on any atom is -0.497 e. The summed E-state index contributed by atoms with van der Waals surface area (Å²) in [5.74, 6) is 1.48. The summed E-state index contributed by atoms with van der Waals surface area (Å²) in [6.07, 6.45) is 0. The third kappa shape index (κ3) is 3.23. The molecule has 0 bridgehead atoms. The molecule has 0 spiro atoms. The molecule has 2 N–H and O–H groups in total. The van der Waals surface area contributed by atoms with Crippen molar-refractivity contribution >= 4 is 40.2 Å². The number of aromatic nitrogens is 2. The lowest BCUT2D eigenvalue weighted by molar-refractivity contribution is 0.415. The van der Waals surface area contributed by atoms with E-state index < -0.39 is 0 Å². The first kappa shape index (κ1) is 14.0. The number of halogens is 2. The molecule has 0 saturated heterocycles. The van der Waals surface area contributed by atoms with E-state index in [1.54, 1.807) is 13.2 Å². The average molecular weight is 322 g/mol. The van der Waals surface area contributed by atoms with Crippen LogP contribution in [0.5, 0.6) is 5.75 Å². The molecule has 0 atom stereocenters. The minimum absolute atomic E-state index is 0.581. The van der Waals surface area contributed by atoms with Gasteiger partial charge in [0.2, 0.25) is 5.95 Å². The lowest BCUT2D eigenvalue weighted by Gasteiger charge is -2.04. The first-order chi connectivity index (χ1) is 10.1. The van der Waals surface area contributed by atoms with Crippen LogP contribution in [0.3, 0.4) is 0 Å². The smallest absolute Gasteiger partial charge is 0.201 e. The van der Waals surface area contributed by atoms with Crippen LogP contribution >= 0.6 is 23.2 Å². The number of rotatable bonds is 4. The molecule has 1 heterocycles. The van der Waals surface area contributed by atoms with Crippen molar-refractivity contribution in [2.45, 2.75) is 6.54 Å². The zero-order chi connectivity index (χ0) is 14.8.